The molecule has 0 aliphatic heterocycles. The molecule has 1 unspecified atom stereocenters. The lowest BCUT2D eigenvalue weighted by Gasteiger charge is -2.29. The Kier molecular flexibility index (Phi) is 4.03. The maximum Gasteiger partial charge on any atom is 0.243 e. The van der Waals surface area contributed by atoms with E-state index in [9.17, 15) is 9.18 Å². The molecule has 0 aliphatic rings. The van der Waals surface area contributed by atoms with Crippen molar-refractivity contribution in [2.45, 2.75) is 18.9 Å². The van der Waals surface area contributed by atoms with E-state index in [1.54, 1.807) is 25.1 Å². The molecular formula is C16H17FN2O. The Bertz CT molecular complexity index is 600. The summed E-state index contributed by atoms with van der Waals surface area (Å²) in [6.07, 6.45) is 0.184. The highest BCUT2D eigenvalue weighted by atomic mass is 19.1. The lowest BCUT2D eigenvalue weighted by Crippen LogP contribution is -2.49. The molecule has 3 N–H and O–H groups in total. The van der Waals surface area contributed by atoms with Crippen LogP contribution in [0.4, 0.5) is 10.1 Å². The molecule has 0 spiro atoms. The van der Waals surface area contributed by atoms with Crippen LogP contribution in [0.5, 0.6) is 0 Å². The topological polar surface area (TPSA) is 55.1 Å². The van der Waals surface area contributed by atoms with Crippen molar-refractivity contribution in [2.24, 2.45) is 5.73 Å². The van der Waals surface area contributed by atoms with Gasteiger partial charge >= 0.3 is 0 Å². The van der Waals surface area contributed by atoms with E-state index in [0.717, 1.165) is 5.69 Å². The van der Waals surface area contributed by atoms with Gasteiger partial charge in [0.2, 0.25) is 5.91 Å². The lowest BCUT2D eigenvalue weighted by molar-refractivity contribution is -0.121. The third kappa shape index (κ3) is 3.15. The van der Waals surface area contributed by atoms with Gasteiger partial charge in [0.25, 0.3) is 0 Å². The number of amides is 1. The fourth-order valence-electron chi connectivity index (χ4n) is 2.06. The number of hydrogen-bond acceptors (Lipinski definition) is 2. The summed E-state index contributed by atoms with van der Waals surface area (Å²) in [6.45, 7) is 1.68. The monoisotopic (exact) mass is 272 g/mol. The number of para-hydroxylation sites is 1. The highest BCUT2D eigenvalue weighted by molar-refractivity contribution is 5.87. The molecule has 0 radical (unpaired) electrons. The van der Waals surface area contributed by atoms with Gasteiger partial charge in [-0.1, -0.05) is 36.4 Å². The average Bonchev–Trinajstić information content (AvgIpc) is 2.42. The molecule has 20 heavy (non-hydrogen) atoms. The van der Waals surface area contributed by atoms with Gasteiger partial charge in [0.15, 0.2) is 0 Å². The Balaban J connectivity index is 2.26. The van der Waals surface area contributed by atoms with Crippen LogP contribution in [0.3, 0.4) is 0 Å². The first-order valence-corrected chi connectivity index (χ1v) is 6.38. The first-order valence-electron chi connectivity index (χ1n) is 6.38. The summed E-state index contributed by atoms with van der Waals surface area (Å²) in [4.78, 5) is 11.8. The normalized spacial score (nSPS) is 13.5. The van der Waals surface area contributed by atoms with Gasteiger partial charge in [0, 0.05) is 12.1 Å². The molecule has 0 aliphatic carbocycles. The van der Waals surface area contributed by atoms with Crippen LogP contribution < -0.4 is 11.1 Å². The van der Waals surface area contributed by atoms with Crippen molar-refractivity contribution < 1.29 is 9.18 Å². The molecule has 0 aromatic heterocycles. The smallest absolute Gasteiger partial charge is 0.243 e. The molecule has 0 saturated carbocycles. The summed E-state index contributed by atoms with van der Waals surface area (Å²) >= 11 is 0. The molecule has 104 valence electrons. The summed E-state index contributed by atoms with van der Waals surface area (Å²) in [5.74, 6) is -0.862. The molecule has 2 rings (SSSR count). The summed E-state index contributed by atoms with van der Waals surface area (Å²) in [7, 11) is 0. The van der Waals surface area contributed by atoms with Crippen LogP contribution in [0, 0.1) is 5.82 Å². The molecule has 2 aromatic rings. The number of benzene rings is 2. The largest absolute Gasteiger partial charge is 0.371 e. The predicted octanol–water partition coefficient (Wildman–Crippen LogP) is 2.72. The maximum absolute atomic E-state index is 13.7. The van der Waals surface area contributed by atoms with E-state index < -0.39 is 11.4 Å². The van der Waals surface area contributed by atoms with Crippen molar-refractivity contribution in [1.82, 2.24) is 0 Å². The second-order valence-corrected chi connectivity index (χ2v) is 4.96. The zero-order chi connectivity index (χ0) is 14.6. The minimum atomic E-state index is -1.05. The van der Waals surface area contributed by atoms with Gasteiger partial charge in [0.05, 0.1) is 0 Å². The van der Waals surface area contributed by atoms with Crippen molar-refractivity contribution >= 4 is 11.6 Å². The Labute approximate surface area is 117 Å². The first kappa shape index (κ1) is 14.1. The number of anilines is 1. The van der Waals surface area contributed by atoms with Crippen molar-refractivity contribution in [2.75, 3.05) is 5.32 Å². The van der Waals surface area contributed by atoms with Gasteiger partial charge in [-0.05, 0) is 30.7 Å². The quantitative estimate of drug-likeness (QED) is 0.879. The lowest BCUT2D eigenvalue weighted by atomic mass is 9.91. The highest BCUT2D eigenvalue weighted by Gasteiger charge is 2.32. The summed E-state index contributed by atoms with van der Waals surface area (Å²) in [5, 5.41) is 3.09. The molecule has 3 nitrogen and oxygen atoms in total. The van der Waals surface area contributed by atoms with Gasteiger partial charge < -0.3 is 11.1 Å². The maximum atomic E-state index is 13.7. The van der Waals surface area contributed by atoms with E-state index in [0.29, 0.717) is 5.56 Å². The van der Waals surface area contributed by atoms with E-state index in [-0.39, 0.29) is 12.2 Å². The number of nitrogens with one attached hydrogen (secondary N) is 1. The molecule has 0 heterocycles. The van der Waals surface area contributed by atoms with E-state index in [2.05, 4.69) is 5.32 Å². The fourth-order valence-corrected chi connectivity index (χ4v) is 2.06. The second-order valence-electron chi connectivity index (χ2n) is 4.96. The van der Waals surface area contributed by atoms with E-state index in [1.807, 2.05) is 30.3 Å². The molecule has 4 heteroatoms. The third-order valence-corrected chi connectivity index (χ3v) is 3.24. The molecule has 1 atom stereocenters. The third-order valence-electron chi connectivity index (χ3n) is 3.24. The van der Waals surface area contributed by atoms with Crippen LogP contribution in [0.1, 0.15) is 12.5 Å². The number of carbonyl (C=O) groups is 1. The Morgan fingerprint density at radius 2 is 1.75 bits per heavy atom. The number of primary amides is 1. The number of carbonyl (C=O) groups excluding carboxylic acids is 1. The summed E-state index contributed by atoms with van der Waals surface area (Å²) < 4.78 is 13.7. The Hall–Kier alpha value is -2.36. The summed E-state index contributed by atoms with van der Waals surface area (Å²) in [5.41, 5.74) is 5.67. The predicted molar refractivity (Wildman–Crippen MR) is 77.8 cm³/mol. The molecule has 1 amide bonds. The Morgan fingerprint density at radius 3 is 2.35 bits per heavy atom. The highest BCUT2D eigenvalue weighted by Crippen LogP contribution is 2.21. The van der Waals surface area contributed by atoms with Crippen LogP contribution in [0.2, 0.25) is 0 Å². The molecular weight excluding hydrogens is 255 g/mol. The molecule has 0 bridgehead atoms. The van der Waals surface area contributed by atoms with Gasteiger partial charge in [-0.25, -0.2) is 4.39 Å². The first-order chi connectivity index (χ1) is 9.51. The fraction of sp³-hybridized carbons (Fsp3) is 0.188. The van der Waals surface area contributed by atoms with Crippen molar-refractivity contribution in [3.63, 3.8) is 0 Å². The van der Waals surface area contributed by atoms with Crippen molar-refractivity contribution in [1.29, 1.82) is 0 Å². The molecule has 0 fully saturated rings. The van der Waals surface area contributed by atoms with Gasteiger partial charge in [0.1, 0.15) is 11.4 Å². The Morgan fingerprint density at radius 1 is 1.15 bits per heavy atom. The van der Waals surface area contributed by atoms with E-state index in [4.69, 9.17) is 5.73 Å². The standard InChI is InChI=1S/C16H17FN2O/c1-16(15(18)20,19-13-8-3-2-4-9-13)11-12-7-5-6-10-14(12)17/h2-10,19H,11H2,1H3,(H2,18,20). The van der Waals surface area contributed by atoms with Crippen LogP contribution in [0.25, 0.3) is 0 Å². The van der Waals surface area contributed by atoms with E-state index in [1.165, 1.54) is 6.07 Å². The second kappa shape index (κ2) is 5.74. The number of hydrogen-bond donors (Lipinski definition) is 2. The summed E-state index contributed by atoms with van der Waals surface area (Å²) in [6, 6.07) is 15.6. The van der Waals surface area contributed by atoms with Gasteiger partial charge in [-0.3, -0.25) is 4.79 Å². The zero-order valence-corrected chi connectivity index (χ0v) is 11.3. The van der Waals surface area contributed by atoms with Crippen molar-refractivity contribution in [3.8, 4) is 0 Å². The van der Waals surface area contributed by atoms with Gasteiger partial charge in [-0.15, -0.1) is 0 Å². The average molecular weight is 272 g/mol. The van der Waals surface area contributed by atoms with Crippen LogP contribution in [-0.4, -0.2) is 11.4 Å². The van der Waals surface area contributed by atoms with Crippen molar-refractivity contribution in [3.05, 3.63) is 66.0 Å². The van der Waals surface area contributed by atoms with Crippen LogP contribution >= 0.6 is 0 Å². The minimum absolute atomic E-state index is 0.184. The molecule has 0 saturated heterocycles. The number of rotatable bonds is 5. The van der Waals surface area contributed by atoms with Gasteiger partial charge in [-0.2, -0.15) is 0 Å². The van der Waals surface area contributed by atoms with Crippen LogP contribution in [-0.2, 0) is 11.2 Å². The SMILES string of the molecule is CC(Cc1ccccc1F)(Nc1ccccc1)C(N)=O. The number of halogens is 1. The van der Waals surface area contributed by atoms with E-state index >= 15 is 0 Å². The number of nitrogens with two attached hydrogens (primary N) is 1. The zero-order valence-electron chi connectivity index (χ0n) is 11.3. The minimum Gasteiger partial charge on any atom is -0.371 e. The molecule has 2 aromatic carbocycles. The van der Waals surface area contributed by atoms with Crippen LogP contribution in [0.15, 0.2) is 54.6 Å².